The monoisotopic (exact) mass is 344 g/mol. The van der Waals surface area contributed by atoms with Gasteiger partial charge < -0.3 is 14.8 Å². The lowest BCUT2D eigenvalue weighted by Gasteiger charge is -2.21. The molecule has 0 unspecified atom stereocenters. The molecule has 2 heterocycles. The number of carbonyl (C=O) groups is 2. The van der Waals surface area contributed by atoms with Crippen LogP contribution in [0.25, 0.3) is 0 Å². The molecule has 25 heavy (non-hydrogen) atoms. The molecule has 132 valence electrons. The molecule has 1 fully saturated rings. The molecular weight excluding hydrogens is 323 g/mol. The molecule has 0 radical (unpaired) electrons. The molecule has 1 aromatic carbocycles. The molecule has 2 atom stereocenters. The van der Waals surface area contributed by atoms with Crippen LogP contribution in [-0.4, -0.2) is 39.4 Å². The number of amides is 2. The molecule has 0 bridgehead atoms. The minimum Gasteiger partial charge on any atom is -0.342 e. The molecule has 0 spiro atoms. The van der Waals surface area contributed by atoms with Gasteiger partial charge in [0.15, 0.2) is 0 Å². The molecule has 0 aliphatic carbocycles. The van der Waals surface area contributed by atoms with Crippen LogP contribution in [0.4, 0.5) is 4.39 Å². The number of aromatic nitrogens is 2. The van der Waals surface area contributed by atoms with Crippen molar-refractivity contribution in [2.45, 2.75) is 19.4 Å². The summed E-state index contributed by atoms with van der Waals surface area (Å²) in [5.74, 6) is -0.590. The maximum atomic E-state index is 14.3. The lowest BCUT2D eigenvalue weighted by molar-refractivity contribution is -0.129. The van der Waals surface area contributed by atoms with Gasteiger partial charge in [0.1, 0.15) is 17.7 Å². The Hall–Kier alpha value is -2.70. The van der Waals surface area contributed by atoms with Gasteiger partial charge >= 0.3 is 0 Å². The molecule has 2 amide bonds. The van der Waals surface area contributed by atoms with Crippen LogP contribution in [0, 0.1) is 11.7 Å². The van der Waals surface area contributed by atoms with Gasteiger partial charge in [-0.15, -0.1) is 0 Å². The van der Waals surface area contributed by atoms with E-state index in [1.54, 1.807) is 47.1 Å². The number of benzene rings is 1. The number of halogens is 1. The maximum Gasteiger partial charge on any atom is 0.226 e. The normalized spacial score (nSPS) is 18.4. The van der Waals surface area contributed by atoms with Crippen LogP contribution in [0.3, 0.4) is 0 Å². The van der Waals surface area contributed by atoms with E-state index < -0.39 is 17.8 Å². The number of carbonyl (C=O) groups excluding carboxylic acids is 2. The van der Waals surface area contributed by atoms with Crippen molar-refractivity contribution in [3.8, 4) is 0 Å². The summed E-state index contributed by atoms with van der Waals surface area (Å²) in [6, 6.07) is 5.60. The summed E-state index contributed by atoms with van der Waals surface area (Å²) < 4.78 is 16.1. The highest BCUT2D eigenvalue weighted by molar-refractivity contribution is 5.89. The standard InChI is InChI=1S/C18H21FN4O2/c1-3-23-11-12(10-15(23)24)18(25)21-16(17-20-8-9-22(17)2)13-6-4-5-7-14(13)19/h4-9,12,16H,3,10-11H2,1-2H3,(H,21,25)/t12-,16-/m0/s1. The van der Waals surface area contributed by atoms with E-state index in [0.717, 1.165) is 0 Å². The molecule has 7 heteroatoms. The van der Waals surface area contributed by atoms with E-state index in [2.05, 4.69) is 10.3 Å². The summed E-state index contributed by atoms with van der Waals surface area (Å²) in [7, 11) is 1.79. The SMILES string of the molecule is CCN1C[C@@H](C(=O)N[C@@H](c2ccccc2F)c2nccn2C)CC1=O. The van der Waals surface area contributed by atoms with Crippen molar-refractivity contribution in [3.63, 3.8) is 0 Å². The summed E-state index contributed by atoms with van der Waals surface area (Å²) in [5.41, 5.74) is 0.349. The van der Waals surface area contributed by atoms with Gasteiger partial charge in [-0.25, -0.2) is 9.37 Å². The summed E-state index contributed by atoms with van der Waals surface area (Å²) in [5, 5.41) is 2.88. The van der Waals surface area contributed by atoms with Crippen LogP contribution in [-0.2, 0) is 16.6 Å². The van der Waals surface area contributed by atoms with Gasteiger partial charge in [-0.1, -0.05) is 18.2 Å². The highest BCUT2D eigenvalue weighted by Gasteiger charge is 2.35. The lowest BCUT2D eigenvalue weighted by Crippen LogP contribution is -2.37. The van der Waals surface area contributed by atoms with E-state index in [9.17, 15) is 14.0 Å². The quantitative estimate of drug-likeness (QED) is 0.896. The van der Waals surface area contributed by atoms with Gasteiger partial charge in [-0.05, 0) is 13.0 Å². The molecule has 1 saturated heterocycles. The van der Waals surface area contributed by atoms with Crippen LogP contribution in [0.15, 0.2) is 36.7 Å². The highest BCUT2D eigenvalue weighted by Crippen LogP contribution is 2.25. The predicted molar refractivity (Wildman–Crippen MR) is 90.0 cm³/mol. The first-order valence-electron chi connectivity index (χ1n) is 8.31. The summed E-state index contributed by atoms with van der Waals surface area (Å²) >= 11 is 0. The molecule has 1 N–H and O–H groups in total. The van der Waals surface area contributed by atoms with Gasteiger partial charge in [0.25, 0.3) is 0 Å². The smallest absolute Gasteiger partial charge is 0.226 e. The Bertz CT molecular complexity index is 789. The Balaban J connectivity index is 1.86. The lowest BCUT2D eigenvalue weighted by atomic mass is 10.0. The predicted octanol–water partition coefficient (Wildman–Crippen LogP) is 1.63. The Morgan fingerprint density at radius 3 is 2.80 bits per heavy atom. The van der Waals surface area contributed by atoms with Crippen molar-refractivity contribution in [1.29, 1.82) is 0 Å². The van der Waals surface area contributed by atoms with E-state index in [1.807, 2.05) is 6.92 Å². The number of nitrogens with zero attached hydrogens (tertiary/aromatic N) is 3. The van der Waals surface area contributed by atoms with Gasteiger partial charge in [0.05, 0.1) is 5.92 Å². The van der Waals surface area contributed by atoms with Gasteiger partial charge in [0, 0.05) is 44.5 Å². The summed E-state index contributed by atoms with van der Waals surface area (Å²) in [6.45, 7) is 2.86. The average molecular weight is 344 g/mol. The number of rotatable bonds is 5. The first-order valence-corrected chi connectivity index (χ1v) is 8.31. The largest absolute Gasteiger partial charge is 0.342 e. The second-order valence-corrected chi connectivity index (χ2v) is 6.19. The van der Waals surface area contributed by atoms with Crippen LogP contribution >= 0.6 is 0 Å². The zero-order valence-electron chi connectivity index (χ0n) is 14.3. The minimum absolute atomic E-state index is 0.0258. The van der Waals surface area contributed by atoms with Crippen LogP contribution in [0.1, 0.15) is 30.8 Å². The van der Waals surface area contributed by atoms with E-state index in [1.165, 1.54) is 6.07 Å². The number of hydrogen-bond acceptors (Lipinski definition) is 3. The fourth-order valence-electron chi connectivity index (χ4n) is 3.16. The molecule has 0 saturated carbocycles. The molecule has 6 nitrogen and oxygen atoms in total. The topological polar surface area (TPSA) is 67.2 Å². The van der Waals surface area contributed by atoms with Crippen LogP contribution < -0.4 is 5.32 Å². The maximum absolute atomic E-state index is 14.3. The van der Waals surface area contributed by atoms with Crippen molar-refractivity contribution in [3.05, 3.63) is 53.9 Å². The van der Waals surface area contributed by atoms with Crippen molar-refractivity contribution >= 4 is 11.8 Å². The van der Waals surface area contributed by atoms with Crippen LogP contribution in [0.5, 0.6) is 0 Å². The van der Waals surface area contributed by atoms with Crippen molar-refractivity contribution < 1.29 is 14.0 Å². The third-order valence-corrected chi connectivity index (χ3v) is 4.59. The first-order chi connectivity index (χ1) is 12.0. The number of hydrogen-bond donors (Lipinski definition) is 1. The molecule has 1 aliphatic heterocycles. The zero-order valence-corrected chi connectivity index (χ0v) is 14.3. The average Bonchev–Trinajstić information content (AvgIpc) is 3.19. The third kappa shape index (κ3) is 3.40. The molecule has 1 aromatic heterocycles. The van der Waals surface area contributed by atoms with Gasteiger partial charge in [-0.2, -0.15) is 0 Å². The number of aryl methyl sites for hydroxylation is 1. The van der Waals surface area contributed by atoms with E-state index in [-0.39, 0.29) is 18.2 Å². The number of imidazole rings is 1. The van der Waals surface area contributed by atoms with Gasteiger partial charge in [0.2, 0.25) is 11.8 Å². The first kappa shape index (κ1) is 17.1. The van der Waals surface area contributed by atoms with E-state index in [0.29, 0.717) is 24.5 Å². The van der Waals surface area contributed by atoms with Crippen molar-refractivity contribution in [1.82, 2.24) is 19.8 Å². The second-order valence-electron chi connectivity index (χ2n) is 6.19. The van der Waals surface area contributed by atoms with E-state index >= 15 is 0 Å². The number of nitrogens with one attached hydrogen (secondary N) is 1. The zero-order chi connectivity index (χ0) is 18.0. The Labute approximate surface area is 145 Å². The second kappa shape index (κ2) is 7.04. The fourth-order valence-corrected chi connectivity index (χ4v) is 3.16. The van der Waals surface area contributed by atoms with Gasteiger partial charge in [-0.3, -0.25) is 9.59 Å². The summed E-state index contributed by atoms with van der Waals surface area (Å²) in [4.78, 5) is 30.5. The third-order valence-electron chi connectivity index (χ3n) is 4.59. The number of likely N-dealkylation sites (tertiary alicyclic amines) is 1. The minimum atomic E-state index is -0.709. The molecule has 3 rings (SSSR count). The Morgan fingerprint density at radius 1 is 1.44 bits per heavy atom. The van der Waals surface area contributed by atoms with Crippen LogP contribution in [0.2, 0.25) is 0 Å². The molecular formula is C18H21FN4O2. The summed E-state index contributed by atoms with van der Waals surface area (Å²) in [6.07, 6.45) is 3.53. The van der Waals surface area contributed by atoms with E-state index in [4.69, 9.17) is 0 Å². The highest BCUT2D eigenvalue weighted by atomic mass is 19.1. The Morgan fingerprint density at radius 2 is 2.20 bits per heavy atom. The Kier molecular flexibility index (Phi) is 4.83. The van der Waals surface area contributed by atoms with Crippen molar-refractivity contribution in [2.75, 3.05) is 13.1 Å². The fraction of sp³-hybridized carbons (Fsp3) is 0.389. The molecule has 2 aromatic rings. The molecule has 1 aliphatic rings. The van der Waals surface area contributed by atoms with Crippen molar-refractivity contribution in [2.24, 2.45) is 13.0 Å².